The molecule has 2 amide bonds. The number of amides is 2. The van der Waals surface area contributed by atoms with Crippen LogP contribution in [0.15, 0.2) is 60.7 Å². The summed E-state index contributed by atoms with van der Waals surface area (Å²) in [5.41, 5.74) is -1.05. The van der Waals surface area contributed by atoms with Gasteiger partial charge in [-0.3, -0.25) is 19.8 Å². The molecule has 2 heterocycles. The molecule has 12 heteroatoms. The van der Waals surface area contributed by atoms with E-state index in [-0.39, 0.29) is 17.9 Å². The van der Waals surface area contributed by atoms with Crippen molar-refractivity contribution in [2.45, 2.75) is 56.8 Å². The van der Waals surface area contributed by atoms with Crippen LogP contribution in [0.2, 0.25) is 0 Å². The highest BCUT2D eigenvalue weighted by Gasteiger charge is 2.72. The number of nitro benzene ring substituents is 1. The zero-order valence-electron chi connectivity index (χ0n) is 23.5. The Morgan fingerprint density at radius 2 is 1.77 bits per heavy atom. The predicted octanol–water partition coefficient (Wildman–Crippen LogP) is 3.73. The van der Waals surface area contributed by atoms with Crippen molar-refractivity contribution in [1.82, 2.24) is 5.32 Å². The van der Waals surface area contributed by atoms with Crippen LogP contribution in [0.3, 0.4) is 0 Å². The van der Waals surface area contributed by atoms with Crippen molar-refractivity contribution >= 4 is 29.5 Å². The minimum atomic E-state index is -1.26. The molecule has 3 aliphatic rings. The van der Waals surface area contributed by atoms with Crippen LogP contribution in [0.4, 0.5) is 21.0 Å². The number of alkyl carbamates (subject to hydrolysis) is 1. The molecule has 220 valence electrons. The number of benzene rings is 2. The first-order chi connectivity index (χ1) is 20.5. The molecule has 2 aromatic carbocycles. The first kappa shape index (κ1) is 29.2. The molecule has 0 saturated carbocycles. The molecular formula is C31H27N3O9. The van der Waals surface area contributed by atoms with Crippen LogP contribution < -0.4 is 10.2 Å². The third-order valence-corrected chi connectivity index (χ3v) is 6.68. The van der Waals surface area contributed by atoms with Gasteiger partial charge in [0.2, 0.25) is 0 Å². The van der Waals surface area contributed by atoms with E-state index in [9.17, 15) is 24.5 Å². The number of anilines is 1. The van der Waals surface area contributed by atoms with E-state index in [0.717, 1.165) is 0 Å². The summed E-state index contributed by atoms with van der Waals surface area (Å²) in [5, 5.41) is 13.8. The van der Waals surface area contributed by atoms with Crippen LogP contribution in [-0.2, 0) is 35.9 Å². The van der Waals surface area contributed by atoms with Crippen molar-refractivity contribution in [3.05, 3.63) is 81.9 Å². The Labute approximate surface area is 247 Å². The van der Waals surface area contributed by atoms with Crippen LogP contribution in [-0.4, -0.2) is 53.5 Å². The number of esters is 1. The van der Waals surface area contributed by atoms with Crippen LogP contribution in [0.25, 0.3) is 0 Å². The van der Waals surface area contributed by atoms with Gasteiger partial charge in [-0.1, -0.05) is 54.0 Å². The normalized spacial score (nSPS) is 23.3. The average molecular weight is 586 g/mol. The van der Waals surface area contributed by atoms with E-state index in [4.69, 9.17) is 18.9 Å². The van der Waals surface area contributed by atoms with Gasteiger partial charge < -0.3 is 24.3 Å². The van der Waals surface area contributed by atoms with Crippen LogP contribution in [0, 0.1) is 33.8 Å². The Morgan fingerprint density at radius 1 is 1.07 bits per heavy atom. The largest absolute Gasteiger partial charge is 0.444 e. The van der Waals surface area contributed by atoms with Crippen molar-refractivity contribution in [3.8, 4) is 23.7 Å². The summed E-state index contributed by atoms with van der Waals surface area (Å²) in [4.78, 5) is 50.7. The topological polar surface area (TPSA) is 150 Å². The van der Waals surface area contributed by atoms with E-state index in [1.807, 2.05) is 0 Å². The second-order valence-corrected chi connectivity index (χ2v) is 10.7. The Balaban J connectivity index is 1.42. The molecule has 0 radical (unpaired) electrons. The minimum absolute atomic E-state index is 0.174. The molecule has 1 fully saturated rings. The van der Waals surface area contributed by atoms with E-state index < -0.39 is 59.1 Å². The zero-order valence-corrected chi connectivity index (χ0v) is 23.5. The minimum Gasteiger partial charge on any atom is -0.444 e. The fourth-order valence-corrected chi connectivity index (χ4v) is 4.91. The summed E-state index contributed by atoms with van der Waals surface area (Å²) < 4.78 is 22.7. The number of ether oxygens (including phenoxy) is 4. The van der Waals surface area contributed by atoms with Crippen LogP contribution in [0.5, 0.6) is 0 Å². The van der Waals surface area contributed by atoms with Gasteiger partial charge in [0, 0.05) is 11.6 Å². The van der Waals surface area contributed by atoms with Crippen molar-refractivity contribution in [3.63, 3.8) is 0 Å². The molecule has 1 saturated heterocycles. The fraction of sp³-hybridized carbons (Fsp3) is 0.323. The summed E-state index contributed by atoms with van der Waals surface area (Å²) >= 11 is 0. The Morgan fingerprint density at radius 3 is 2.51 bits per heavy atom. The summed E-state index contributed by atoms with van der Waals surface area (Å²) in [6, 6.07) is 12.0. The van der Waals surface area contributed by atoms with Gasteiger partial charge in [0.25, 0.3) is 5.69 Å². The molecule has 0 spiro atoms. The molecule has 5 rings (SSSR count). The number of allylic oxidation sites excluding steroid dienone is 2. The van der Waals surface area contributed by atoms with E-state index >= 15 is 0 Å². The van der Waals surface area contributed by atoms with Crippen molar-refractivity contribution in [1.29, 1.82) is 0 Å². The maximum absolute atomic E-state index is 13.6. The quantitative estimate of drug-likeness (QED) is 0.134. The highest BCUT2D eigenvalue weighted by atomic mass is 16.7. The Bertz CT molecular complexity index is 1640. The lowest BCUT2D eigenvalue weighted by Crippen LogP contribution is -2.51. The van der Waals surface area contributed by atoms with Gasteiger partial charge >= 0.3 is 18.2 Å². The van der Waals surface area contributed by atoms with E-state index in [0.29, 0.717) is 11.3 Å². The average Bonchev–Trinajstić information content (AvgIpc) is 3.72. The third-order valence-electron chi connectivity index (χ3n) is 6.68. The van der Waals surface area contributed by atoms with Crippen molar-refractivity contribution in [2.24, 2.45) is 0 Å². The molecule has 2 aliphatic heterocycles. The fourth-order valence-electron chi connectivity index (χ4n) is 4.91. The number of hydrogen-bond donors (Lipinski definition) is 1. The van der Waals surface area contributed by atoms with E-state index in [2.05, 4.69) is 29.0 Å². The molecular weight excluding hydrogens is 558 g/mol. The number of fused-ring (bicyclic) bond motifs is 1. The highest BCUT2D eigenvalue weighted by molar-refractivity contribution is 5.92. The standard InChI is InChI=1S/C31H27N3O9/c1-30(2,3)43-28(36)32-18-26(35)41-25-17-7-5-4-6-16-24-27-31(25,42-27)21-13-9-11-15-23(21)33(24)29(37)40-19-20-12-8-10-14-22(20)34(38)39/h4-5,8-15,24-25,27H,18-19H2,1-3H3,(H,32,36)/b5-4-/t24-,25+,27+,31-/m0/s1. The maximum atomic E-state index is 13.6. The second kappa shape index (κ2) is 11.5. The Hall–Kier alpha value is -5.33. The van der Waals surface area contributed by atoms with Gasteiger partial charge in [-0.15, -0.1) is 0 Å². The third kappa shape index (κ3) is 6.01. The van der Waals surface area contributed by atoms with Crippen molar-refractivity contribution < 1.29 is 38.3 Å². The van der Waals surface area contributed by atoms with Gasteiger partial charge in [-0.2, -0.15) is 0 Å². The summed E-state index contributed by atoms with van der Waals surface area (Å²) in [7, 11) is 0. The number of nitrogens with one attached hydrogen (secondary N) is 1. The number of para-hydroxylation sites is 2. The SMILES string of the molecule is CC(C)(C)OC(=O)NCC(=O)O[C@@H]1C#C/C=C\C#C[C@H]2[C@H]3O[C@]31c1ccccc1N2C(=O)OCc1ccccc1[N+](=O)[O-]. The van der Waals surface area contributed by atoms with Gasteiger partial charge in [0.15, 0.2) is 11.7 Å². The van der Waals surface area contributed by atoms with Gasteiger partial charge in [0.05, 0.1) is 16.2 Å². The van der Waals surface area contributed by atoms with E-state index in [1.54, 1.807) is 51.1 Å². The molecule has 2 bridgehead atoms. The molecule has 12 nitrogen and oxygen atoms in total. The number of carbonyl (C=O) groups is 3. The highest BCUT2D eigenvalue weighted by Crippen LogP contribution is 2.59. The van der Waals surface area contributed by atoms with E-state index in [1.165, 1.54) is 35.3 Å². The molecule has 2 aromatic rings. The first-order valence-corrected chi connectivity index (χ1v) is 13.3. The number of carbonyl (C=O) groups excluding carboxylic acids is 3. The summed E-state index contributed by atoms with van der Waals surface area (Å²) in [6.07, 6.45) is -0.490. The maximum Gasteiger partial charge on any atom is 0.415 e. The zero-order chi connectivity index (χ0) is 30.8. The molecule has 1 aliphatic carbocycles. The lowest BCUT2D eigenvalue weighted by Gasteiger charge is -2.36. The molecule has 0 unspecified atom stereocenters. The first-order valence-electron chi connectivity index (χ1n) is 13.3. The number of nitrogens with zero attached hydrogens (tertiary/aromatic N) is 2. The number of hydrogen-bond acceptors (Lipinski definition) is 9. The smallest absolute Gasteiger partial charge is 0.415 e. The van der Waals surface area contributed by atoms with Gasteiger partial charge in [-0.05, 0) is 45.1 Å². The number of epoxide rings is 1. The van der Waals surface area contributed by atoms with Crippen LogP contribution >= 0.6 is 0 Å². The summed E-state index contributed by atoms with van der Waals surface area (Å²) in [6.45, 7) is 4.27. The predicted molar refractivity (Wildman–Crippen MR) is 151 cm³/mol. The Kier molecular flexibility index (Phi) is 7.81. The lowest BCUT2D eigenvalue weighted by molar-refractivity contribution is -0.385. The molecule has 43 heavy (non-hydrogen) atoms. The van der Waals surface area contributed by atoms with Crippen molar-refractivity contribution in [2.75, 3.05) is 11.4 Å². The molecule has 4 atom stereocenters. The van der Waals surface area contributed by atoms with Crippen LogP contribution in [0.1, 0.15) is 31.9 Å². The monoisotopic (exact) mass is 585 g/mol. The molecule has 0 aromatic heterocycles. The number of nitro groups is 1. The van der Waals surface area contributed by atoms with Gasteiger partial charge in [0.1, 0.15) is 30.9 Å². The lowest BCUT2D eigenvalue weighted by atomic mass is 9.81. The summed E-state index contributed by atoms with van der Waals surface area (Å²) in [5.74, 6) is 10.8. The van der Waals surface area contributed by atoms with Gasteiger partial charge in [-0.25, -0.2) is 9.59 Å². The number of rotatable bonds is 6. The molecule has 1 N–H and O–H groups in total. The second-order valence-electron chi connectivity index (χ2n) is 10.7.